The van der Waals surface area contributed by atoms with Gasteiger partial charge in [0.15, 0.2) is 12.3 Å². The van der Waals surface area contributed by atoms with Gasteiger partial charge < -0.3 is 9.80 Å². The Morgan fingerprint density at radius 2 is 1.74 bits per heavy atom. The van der Waals surface area contributed by atoms with Gasteiger partial charge in [-0.15, -0.1) is 0 Å². The van der Waals surface area contributed by atoms with Crippen molar-refractivity contribution in [1.29, 1.82) is 0 Å². The van der Waals surface area contributed by atoms with Crippen molar-refractivity contribution in [2.75, 3.05) is 0 Å². The summed E-state index contributed by atoms with van der Waals surface area (Å²) in [6.45, 7) is 0. The molecule has 9 heteroatoms. The monoisotopic (exact) mass is 265 g/mol. The number of nitrogens with one attached hydrogen (secondary N) is 2. The number of rotatable bonds is 1. The summed E-state index contributed by atoms with van der Waals surface area (Å²) in [4.78, 5) is 15.2. The minimum atomic E-state index is -0.444. The maximum absolute atomic E-state index is 11.0. The van der Waals surface area contributed by atoms with Gasteiger partial charge >= 0.3 is 0 Å². The SMILES string of the molecule is O=[N+]([O-])C1CCC2C(C1)N1C=NNC1C1NN=CN21. The van der Waals surface area contributed by atoms with Crippen LogP contribution in [0.15, 0.2) is 10.2 Å². The zero-order chi connectivity index (χ0) is 13.0. The van der Waals surface area contributed by atoms with E-state index in [1.54, 1.807) is 6.34 Å². The predicted octanol–water partition coefficient (Wildman–Crippen LogP) is -1.08. The van der Waals surface area contributed by atoms with Crippen LogP contribution in [0.1, 0.15) is 19.3 Å². The molecule has 1 saturated carbocycles. The van der Waals surface area contributed by atoms with Crippen LogP contribution in [0.4, 0.5) is 0 Å². The summed E-state index contributed by atoms with van der Waals surface area (Å²) in [6, 6.07) is -0.0574. The first kappa shape index (κ1) is 10.8. The van der Waals surface area contributed by atoms with Crippen LogP contribution in [0.3, 0.4) is 0 Å². The van der Waals surface area contributed by atoms with E-state index in [0.717, 1.165) is 6.42 Å². The molecule has 0 amide bonds. The van der Waals surface area contributed by atoms with E-state index in [2.05, 4.69) is 30.9 Å². The third kappa shape index (κ3) is 1.41. The Balaban J connectivity index is 1.65. The number of hydrogen-bond acceptors (Lipinski definition) is 8. The van der Waals surface area contributed by atoms with Crippen molar-refractivity contribution in [2.45, 2.75) is 49.7 Å². The van der Waals surface area contributed by atoms with E-state index in [-0.39, 0.29) is 29.3 Å². The first-order chi connectivity index (χ1) is 9.25. The zero-order valence-electron chi connectivity index (χ0n) is 10.2. The van der Waals surface area contributed by atoms with E-state index in [1.807, 2.05) is 6.34 Å². The normalized spacial score (nSPS) is 42.2. The van der Waals surface area contributed by atoms with Gasteiger partial charge in [0.25, 0.3) is 0 Å². The second-order valence-corrected chi connectivity index (χ2v) is 5.42. The molecule has 102 valence electrons. The maximum Gasteiger partial charge on any atom is 0.215 e. The third-order valence-corrected chi connectivity index (χ3v) is 4.55. The van der Waals surface area contributed by atoms with Crippen molar-refractivity contribution < 1.29 is 4.92 Å². The highest BCUT2D eigenvalue weighted by Gasteiger charge is 2.52. The van der Waals surface area contributed by atoms with Crippen LogP contribution in [-0.4, -0.2) is 57.9 Å². The summed E-state index contributed by atoms with van der Waals surface area (Å²) in [6.07, 6.45) is 5.64. The molecule has 0 spiro atoms. The fraction of sp³-hybridized carbons (Fsp3) is 0.800. The van der Waals surface area contributed by atoms with Crippen molar-refractivity contribution in [1.82, 2.24) is 20.7 Å². The summed E-state index contributed by atoms with van der Waals surface area (Å²) in [5, 5.41) is 19.3. The third-order valence-electron chi connectivity index (χ3n) is 4.55. The first-order valence-corrected chi connectivity index (χ1v) is 6.51. The van der Waals surface area contributed by atoms with Gasteiger partial charge in [-0.25, -0.2) is 0 Å². The lowest BCUT2D eigenvalue weighted by molar-refractivity contribution is -0.528. The number of piperazine rings is 1. The summed E-state index contributed by atoms with van der Waals surface area (Å²) in [5.41, 5.74) is 6.12. The molecule has 2 fully saturated rings. The molecule has 3 heterocycles. The Kier molecular flexibility index (Phi) is 2.12. The molecule has 4 aliphatic rings. The van der Waals surface area contributed by atoms with Crippen molar-refractivity contribution in [3.63, 3.8) is 0 Å². The molecule has 5 atom stereocenters. The predicted molar refractivity (Wildman–Crippen MR) is 66.7 cm³/mol. The van der Waals surface area contributed by atoms with Crippen LogP contribution in [0.5, 0.6) is 0 Å². The fourth-order valence-corrected chi connectivity index (χ4v) is 3.65. The second-order valence-electron chi connectivity index (χ2n) is 5.42. The Labute approximate surface area is 109 Å². The van der Waals surface area contributed by atoms with Crippen LogP contribution in [0, 0.1) is 10.1 Å². The molecule has 3 aliphatic heterocycles. The van der Waals surface area contributed by atoms with Crippen LogP contribution < -0.4 is 10.9 Å². The Bertz CT molecular complexity index is 467. The maximum atomic E-state index is 11.0. The molecule has 19 heavy (non-hydrogen) atoms. The molecule has 9 nitrogen and oxygen atoms in total. The average molecular weight is 265 g/mol. The molecular formula is C10H15N7O2. The highest BCUT2D eigenvalue weighted by Crippen LogP contribution is 2.35. The van der Waals surface area contributed by atoms with Gasteiger partial charge in [-0.1, -0.05) is 0 Å². The van der Waals surface area contributed by atoms with E-state index in [1.165, 1.54) is 0 Å². The summed E-state index contributed by atoms with van der Waals surface area (Å²) < 4.78 is 0. The van der Waals surface area contributed by atoms with E-state index >= 15 is 0 Å². The number of nitro groups is 1. The van der Waals surface area contributed by atoms with E-state index in [4.69, 9.17) is 0 Å². The molecule has 0 aromatic carbocycles. The van der Waals surface area contributed by atoms with E-state index in [0.29, 0.717) is 12.8 Å². The highest BCUT2D eigenvalue weighted by atomic mass is 16.6. The molecule has 0 aromatic heterocycles. The number of hydrazone groups is 2. The van der Waals surface area contributed by atoms with Gasteiger partial charge in [0.05, 0.1) is 12.1 Å². The lowest BCUT2D eigenvalue weighted by atomic mass is 9.83. The highest BCUT2D eigenvalue weighted by molar-refractivity contribution is 5.63. The van der Waals surface area contributed by atoms with E-state index < -0.39 is 6.04 Å². The summed E-state index contributed by atoms with van der Waals surface area (Å²) >= 11 is 0. The Morgan fingerprint density at radius 1 is 1.11 bits per heavy atom. The van der Waals surface area contributed by atoms with Crippen molar-refractivity contribution in [3.8, 4) is 0 Å². The molecule has 2 N–H and O–H groups in total. The lowest BCUT2D eigenvalue weighted by Gasteiger charge is -2.52. The van der Waals surface area contributed by atoms with Crippen molar-refractivity contribution >= 4 is 12.7 Å². The largest absolute Gasteiger partial charge is 0.331 e. The van der Waals surface area contributed by atoms with Crippen LogP contribution >= 0.6 is 0 Å². The molecule has 4 rings (SSSR count). The molecular weight excluding hydrogens is 250 g/mol. The summed E-state index contributed by atoms with van der Waals surface area (Å²) in [5.74, 6) is 0. The quantitative estimate of drug-likeness (QED) is 0.462. The lowest BCUT2D eigenvalue weighted by Crippen LogP contribution is -2.71. The molecule has 1 saturated heterocycles. The number of nitrogens with zero attached hydrogens (tertiary/aromatic N) is 5. The molecule has 0 radical (unpaired) electrons. The van der Waals surface area contributed by atoms with Gasteiger partial charge in [0.1, 0.15) is 12.7 Å². The Morgan fingerprint density at radius 3 is 2.37 bits per heavy atom. The van der Waals surface area contributed by atoms with Gasteiger partial charge in [0, 0.05) is 17.8 Å². The van der Waals surface area contributed by atoms with Crippen LogP contribution in [0.2, 0.25) is 0 Å². The fourth-order valence-electron chi connectivity index (χ4n) is 3.65. The molecule has 0 aromatic rings. The minimum absolute atomic E-state index is 0.00532. The standard InChI is InChI=1S/C10H15N7O2/c18-17(19)6-1-2-7-8(3-6)16-5-12-14-10(16)9-13-11-4-15(7)9/h4-10,13-14H,1-3H2. The first-order valence-electron chi connectivity index (χ1n) is 6.51. The second kappa shape index (κ2) is 3.72. The van der Waals surface area contributed by atoms with Crippen molar-refractivity contribution in [2.24, 2.45) is 10.2 Å². The van der Waals surface area contributed by atoms with E-state index in [9.17, 15) is 10.1 Å². The zero-order valence-corrected chi connectivity index (χ0v) is 10.2. The number of fused-ring (bicyclic) bond motifs is 6. The van der Waals surface area contributed by atoms with Crippen molar-refractivity contribution in [3.05, 3.63) is 10.1 Å². The van der Waals surface area contributed by atoms with Crippen LogP contribution in [-0.2, 0) is 0 Å². The van der Waals surface area contributed by atoms with Gasteiger partial charge in [-0.3, -0.25) is 21.0 Å². The molecule has 1 aliphatic carbocycles. The average Bonchev–Trinajstić information content (AvgIpc) is 3.06. The molecule has 5 unspecified atom stereocenters. The van der Waals surface area contributed by atoms with Gasteiger partial charge in [0.2, 0.25) is 6.04 Å². The summed E-state index contributed by atoms with van der Waals surface area (Å²) in [7, 11) is 0. The van der Waals surface area contributed by atoms with Gasteiger partial charge in [-0.2, -0.15) is 10.2 Å². The minimum Gasteiger partial charge on any atom is -0.331 e. The van der Waals surface area contributed by atoms with Crippen LogP contribution in [0.25, 0.3) is 0 Å². The smallest absolute Gasteiger partial charge is 0.215 e. The molecule has 0 bridgehead atoms. The van der Waals surface area contributed by atoms with Gasteiger partial charge in [-0.05, 0) is 6.42 Å². The number of hydrogen-bond donors (Lipinski definition) is 2. The topological polar surface area (TPSA) is 98.4 Å². The Hall–Kier alpha value is -2.06.